The second-order valence-corrected chi connectivity index (χ2v) is 5.43. The SMILES string of the molecule is O=C[C@H](O)[C@@H](O)[C@H](O)[C@H](O)C(O)[C@]1(CO)O[C@H](CO)[C@@H](O)[C@@H]1O. The molecule has 0 bridgehead atoms. The Labute approximate surface area is 130 Å². The molecule has 0 aromatic heterocycles. The molecule has 1 aliphatic heterocycles. The second-order valence-electron chi connectivity index (χ2n) is 5.43. The fourth-order valence-electron chi connectivity index (χ4n) is 2.49. The fourth-order valence-corrected chi connectivity index (χ4v) is 2.49. The Morgan fingerprint density at radius 1 is 1.00 bits per heavy atom. The number of carbonyl (C=O) groups is 1. The van der Waals surface area contributed by atoms with Gasteiger partial charge in [-0.2, -0.15) is 0 Å². The third-order valence-corrected chi connectivity index (χ3v) is 4.02. The van der Waals surface area contributed by atoms with Gasteiger partial charge in [-0.25, -0.2) is 0 Å². The molecule has 1 rings (SSSR count). The summed E-state index contributed by atoms with van der Waals surface area (Å²) in [5.41, 5.74) is -2.36. The van der Waals surface area contributed by atoms with E-state index in [9.17, 15) is 40.5 Å². The zero-order valence-corrected chi connectivity index (χ0v) is 12.0. The van der Waals surface area contributed by atoms with Crippen LogP contribution in [0.3, 0.4) is 0 Å². The molecular formula is C12H22O11. The van der Waals surface area contributed by atoms with E-state index in [4.69, 9.17) is 14.9 Å². The van der Waals surface area contributed by atoms with Gasteiger partial charge in [0.1, 0.15) is 54.4 Å². The lowest BCUT2D eigenvalue weighted by molar-refractivity contribution is -0.222. The summed E-state index contributed by atoms with van der Waals surface area (Å²) in [6, 6.07) is 0. The maximum absolute atomic E-state index is 10.4. The third-order valence-electron chi connectivity index (χ3n) is 4.02. The lowest BCUT2D eigenvalue weighted by Crippen LogP contribution is -2.63. The van der Waals surface area contributed by atoms with Crippen LogP contribution in [0.2, 0.25) is 0 Å². The first-order chi connectivity index (χ1) is 10.7. The number of ether oxygens (including phenoxy) is 1. The smallest absolute Gasteiger partial charge is 0.151 e. The number of hydrogen-bond acceptors (Lipinski definition) is 11. The van der Waals surface area contributed by atoms with Gasteiger partial charge in [0, 0.05) is 0 Å². The average Bonchev–Trinajstić information content (AvgIpc) is 2.83. The Hall–Kier alpha value is -0.730. The highest BCUT2D eigenvalue weighted by Crippen LogP contribution is 2.36. The van der Waals surface area contributed by atoms with Crippen molar-refractivity contribution in [3.8, 4) is 0 Å². The van der Waals surface area contributed by atoms with Crippen molar-refractivity contribution < 1.29 is 55.5 Å². The van der Waals surface area contributed by atoms with Crippen molar-refractivity contribution in [3.05, 3.63) is 0 Å². The predicted molar refractivity (Wildman–Crippen MR) is 69.9 cm³/mol. The van der Waals surface area contributed by atoms with Crippen LogP contribution in [0.15, 0.2) is 0 Å². The van der Waals surface area contributed by atoms with Crippen LogP contribution in [0.4, 0.5) is 0 Å². The third kappa shape index (κ3) is 3.53. The van der Waals surface area contributed by atoms with Crippen molar-refractivity contribution in [1.82, 2.24) is 0 Å². The standard InChI is InChI=1S/C12H22O11/c13-1-4(16)6(17)8(19)9(20)11(22)12(3-15)10(21)7(18)5(2-14)23-12/h1,4-11,14-22H,2-3H2/t4-,5+,6+,7+,8-,9-,10-,11?,12+/m0/s1. The highest BCUT2D eigenvalue weighted by atomic mass is 16.6. The zero-order valence-electron chi connectivity index (χ0n) is 12.0. The molecule has 9 N–H and O–H groups in total. The fraction of sp³-hybridized carbons (Fsp3) is 0.917. The van der Waals surface area contributed by atoms with Crippen molar-refractivity contribution in [2.45, 2.75) is 54.4 Å². The van der Waals surface area contributed by atoms with Gasteiger partial charge in [-0.3, -0.25) is 0 Å². The summed E-state index contributed by atoms with van der Waals surface area (Å²) in [7, 11) is 0. The summed E-state index contributed by atoms with van der Waals surface area (Å²) in [4.78, 5) is 10.4. The summed E-state index contributed by atoms with van der Waals surface area (Å²) < 4.78 is 5.04. The minimum Gasteiger partial charge on any atom is -0.394 e. The summed E-state index contributed by atoms with van der Waals surface area (Å²) in [5, 5.41) is 86.3. The van der Waals surface area contributed by atoms with Gasteiger partial charge in [0.25, 0.3) is 0 Å². The first kappa shape index (κ1) is 20.3. The molecule has 136 valence electrons. The molecule has 9 atom stereocenters. The molecule has 11 nitrogen and oxygen atoms in total. The van der Waals surface area contributed by atoms with E-state index >= 15 is 0 Å². The number of carbonyl (C=O) groups excluding carboxylic acids is 1. The van der Waals surface area contributed by atoms with Gasteiger partial charge in [-0.15, -0.1) is 0 Å². The maximum Gasteiger partial charge on any atom is 0.151 e. The molecule has 0 amide bonds. The van der Waals surface area contributed by atoms with Crippen LogP contribution in [0.25, 0.3) is 0 Å². The van der Waals surface area contributed by atoms with Gasteiger partial charge in [0.05, 0.1) is 13.2 Å². The van der Waals surface area contributed by atoms with Crippen LogP contribution >= 0.6 is 0 Å². The number of hydrogen-bond donors (Lipinski definition) is 9. The number of aliphatic hydroxyl groups excluding tert-OH is 9. The molecule has 1 unspecified atom stereocenters. The van der Waals surface area contributed by atoms with Crippen LogP contribution in [0, 0.1) is 0 Å². The molecule has 0 saturated carbocycles. The van der Waals surface area contributed by atoms with E-state index in [1.807, 2.05) is 0 Å². The summed E-state index contributed by atoms with van der Waals surface area (Å²) in [6.07, 6.45) is -16.1. The number of aldehydes is 1. The second kappa shape index (κ2) is 7.90. The lowest BCUT2D eigenvalue weighted by Gasteiger charge is -2.39. The van der Waals surface area contributed by atoms with Crippen LogP contribution in [0.1, 0.15) is 0 Å². The zero-order chi connectivity index (χ0) is 17.9. The Morgan fingerprint density at radius 2 is 1.57 bits per heavy atom. The molecule has 0 aromatic carbocycles. The largest absolute Gasteiger partial charge is 0.394 e. The summed E-state index contributed by atoms with van der Waals surface area (Å²) in [5.74, 6) is 0. The maximum atomic E-state index is 10.4. The van der Waals surface area contributed by atoms with Crippen molar-refractivity contribution in [2.24, 2.45) is 0 Å². The number of aliphatic hydroxyl groups is 9. The predicted octanol–water partition coefficient (Wildman–Crippen LogP) is -6.17. The van der Waals surface area contributed by atoms with Gasteiger partial charge in [-0.1, -0.05) is 0 Å². The van der Waals surface area contributed by atoms with E-state index in [2.05, 4.69) is 0 Å². The van der Waals surface area contributed by atoms with Crippen molar-refractivity contribution in [1.29, 1.82) is 0 Å². The lowest BCUT2D eigenvalue weighted by atomic mass is 9.83. The van der Waals surface area contributed by atoms with Crippen molar-refractivity contribution in [2.75, 3.05) is 13.2 Å². The van der Waals surface area contributed by atoms with Gasteiger partial charge < -0.3 is 55.5 Å². The molecule has 0 aromatic rings. The molecule has 1 fully saturated rings. The quantitative estimate of drug-likeness (QED) is 0.189. The van der Waals surface area contributed by atoms with E-state index in [0.717, 1.165) is 0 Å². The van der Waals surface area contributed by atoms with Crippen LogP contribution in [-0.2, 0) is 9.53 Å². The van der Waals surface area contributed by atoms with Gasteiger partial charge in [-0.05, 0) is 0 Å². The van der Waals surface area contributed by atoms with Crippen molar-refractivity contribution >= 4 is 6.29 Å². The van der Waals surface area contributed by atoms with E-state index < -0.39 is 67.6 Å². The first-order valence-corrected chi connectivity index (χ1v) is 6.79. The highest BCUT2D eigenvalue weighted by Gasteiger charge is 2.60. The molecule has 1 heterocycles. The van der Waals surface area contributed by atoms with E-state index in [1.165, 1.54) is 0 Å². The van der Waals surface area contributed by atoms with E-state index in [-0.39, 0.29) is 6.29 Å². The molecular weight excluding hydrogens is 320 g/mol. The van der Waals surface area contributed by atoms with Gasteiger partial charge in [0.15, 0.2) is 6.29 Å². The Balaban J connectivity index is 3.00. The van der Waals surface area contributed by atoms with Crippen LogP contribution in [-0.4, -0.2) is 120 Å². The molecule has 0 aliphatic carbocycles. The molecule has 0 radical (unpaired) electrons. The topological polar surface area (TPSA) is 208 Å². The van der Waals surface area contributed by atoms with Crippen LogP contribution < -0.4 is 0 Å². The Kier molecular flexibility index (Phi) is 6.97. The molecule has 11 heteroatoms. The van der Waals surface area contributed by atoms with E-state index in [0.29, 0.717) is 0 Å². The minimum atomic E-state index is -2.36. The Morgan fingerprint density at radius 3 is 1.96 bits per heavy atom. The summed E-state index contributed by atoms with van der Waals surface area (Å²) in [6.45, 7) is -1.88. The highest BCUT2D eigenvalue weighted by molar-refractivity contribution is 5.56. The van der Waals surface area contributed by atoms with Crippen LogP contribution in [0.5, 0.6) is 0 Å². The first-order valence-electron chi connectivity index (χ1n) is 6.79. The monoisotopic (exact) mass is 342 g/mol. The summed E-state index contributed by atoms with van der Waals surface area (Å²) >= 11 is 0. The normalized spacial score (nSPS) is 37.9. The van der Waals surface area contributed by atoms with Gasteiger partial charge >= 0.3 is 0 Å². The van der Waals surface area contributed by atoms with Gasteiger partial charge in [0.2, 0.25) is 0 Å². The molecule has 23 heavy (non-hydrogen) atoms. The molecule has 0 spiro atoms. The minimum absolute atomic E-state index is 0.110. The van der Waals surface area contributed by atoms with E-state index in [1.54, 1.807) is 0 Å². The number of rotatable bonds is 8. The van der Waals surface area contributed by atoms with Crippen molar-refractivity contribution in [3.63, 3.8) is 0 Å². The Bertz CT molecular complexity index is 393. The average molecular weight is 342 g/mol. The molecule has 1 aliphatic rings. The molecule has 1 saturated heterocycles.